The third-order valence-corrected chi connectivity index (χ3v) is 3.54. The molecular weight excluding hydrogens is 254 g/mol. The first-order chi connectivity index (χ1) is 9.57. The van der Waals surface area contributed by atoms with Gasteiger partial charge in [0.05, 0.1) is 6.10 Å². The highest BCUT2D eigenvalue weighted by molar-refractivity contribution is 5.35. The van der Waals surface area contributed by atoms with Gasteiger partial charge >= 0.3 is 6.01 Å². The molecular formula is C14H25N5O. The number of hydrogen-bond acceptors (Lipinski definition) is 6. The Labute approximate surface area is 120 Å². The Morgan fingerprint density at radius 2 is 1.90 bits per heavy atom. The monoisotopic (exact) mass is 279 g/mol. The highest BCUT2D eigenvalue weighted by atomic mass is 16.5. The standard InChI is InChI=1S/C14H25N5O/c1-5-6-14(7-8-14)9-16-12-17-11(15-4)18-13(19-12)20-10(2)3/h10H,5-9H2,1-4H3,(H2,15,16,17,18,19). The topological polar surface area (TPSA) is 72.0 Å². The zero-order valence-corrected chi connectivity index (χ0v) is 12.9. The van der Waals surface area contributed by atoms with Crippen LogP contribution in [0.2, 0.25) is 0 Å². The van der Waals surface area contributed by atoms with E-state index in [9.17, 15) is 0 Å². The lowest BCUT2D eigenvalue weighted by Crippen LogP contribution is -2.18. The van der Waals surface area contributed by atoms with E-state index < -0.39 is 0 Å². The fourth-order valence-electron chi connectivity index (χ4n) is 2.30. The first-order valence-electron chi connectivity index (χ1n) is 7.41. The van der Waals surface area contributed by atoms with Crippen molar-refractivity contribution in [1.29, 1.82) is 0 Å². The van der Waals surface area contributed by atoms with Crippen LogP contribution in [0, 0.1) is 5.41 Å². The van der Waals surface area contributed by atoms with Gasteiger partial charge in [-0.05, 0) is 38.5 Å². The molecule has 1 aliphatic carbocycles. The number of anilines is 2. The lowest BCUT2D eigenvalue weighted by Gasteiger charge is -2.16. The Hall–Kier alpha value is -1.59. The minimum absolute atomic E-state index is 0.0461. The minimum Gasteiger partial charge on any atom is -0.461 e. The zero-order chi connectivity index (χ0) is 14.6. The van der Waals surface area contributed by atoms with Crippen molar-refractivity contribution in [2.75, 3.05) is 24.2 Å². The summed E-state index contributed by atoms with van der Waals surface area (Å²) in [4.78, 5) is 12.8. The van der Waals surface area contributed by atoms with Crippen LogP contribution >= 0.6 is 0 Å². The maximum atomic E-state index is 5.55. The van der Waals surface area contributed by atoms with Gasteiger partial charge in [-0.15, -0.1) is 0 Å². The van der Waals surface area contributed by atoms with E-state index in [1.54, 1.807) is 7.05 Å². The van der Waals surface area contributed by atoms with Crippen molar-refractivity contribution in [2.24, 2.45) is 5.41 Å². The Kier molecular flexibility index (Phi) is 4.62. The molecule has 112 valence electrons. The predicted molar refractivity (Wildman–Crippen MR) is 80.2 cm³/mol. The molecule has 6 heteroatoms. The Morgan fingerprint density at radius 3 is 2.45 bits per heavy atom. The van der Waals surface area contributed by atoms with Gasteiger partial charge in [-0.25, -0.2) is 0 Å². The smallest absolute Gasteiger partial charge is 0.323 e. The second-order valence-electron chi connectivity index (χ2n) is 5.79. The first kappa shape index (κ1) is 14.8. The molecule has 1 aliphatic rings. The highest BCUT2D eigenvalue weighted by Crippen LogP contribution is 2.49. The summed E-state index contributed by atoms with van der Waals surface area (Å²) in [5.74, 6) is 1.11. The molecule has 0 amide bonds. The van der Waals surface area contributed by atoms with E-state index in [0.29, 0.717) is 23.3 Å². The van der Waals surface area contributed by atoms with Crippen molar-refractivity contribution in [2.45, 2.75) is 52.6 Å². The van der Waals surface area contributed by atoms with Gasteiger partial charge in [-0.1, -0.05) is 13.3 Å². The van der Waals surface area contributed by atoms with Gasteiger partial charge in [0.25, 0.3) is 0 Å². The Bertz CT molecular complexity index is 445. The normalized spacial score (nSPS) is 16.1. The predicted octanol–water partition coefficient (Wildman–Crippen LogP) is 2.69. The summed E-state index contributed by atoms with van der Waals surface area (Å²) in [6, 6.07) is 0.363. The molecule has 1 saturated carbocycles. The van der Waals surface area contributed by atoms with Crippen molar-refractivity contribution < 1.29 is 4.74 Å². The second-order valence-corrected chi connectivity index (χ2v) is 5.79. The minimum atomic E-state index is 0.0461. The van der Waals surface area contributed by atoms with Crippen LogP contribution in [-0.4, -0.2) is 34.6 Å². The van der Waals surface area contributed by atoms with Gasteiger partial charge in [0.2, 0.25) is 11.9 Å². The van der Waals surface area contributed by atoms with Crippen molar-refractivity contribution in [1.82, 2.24) is 15.0 Å². The molecule has 0 unspecified atom stereocenters. The number of nitrogens with zero attached hydrogens (tertiary/aromatic N) is 3. The molecule has 1 aromatic rings. The molecule has 1 aromatic heterocycles. The maximum Gasteiger partial charge on any atom is 0.323 e. The molecule has 0 atom stereocenters. The molecule has 0 spiro atoms. The van der Waals surface area contributed by atoms with E-state index in [1.807, 2.05) is 13.8 Å². The molecule has 2 N–H and O–H groups in total. The van der Waals surface area contributed by atoms with Crippen LogP contribution in [0.5, 0.6) is 6.01 Å². The lowest BCUT2D eigenvalue weighted by atomic mass is 10.0. The summed E-state index contributed by atoms with van der Waals surface area (Å²) in [7, 11) is 1.79. The summed E-state index contributed by atoms with van der Waals surface area (Å²) in [5.41, 5.74) is 0.459. The molecule has 1 fully saturated rings. The first-order valence-corrected chi connectivity index (χ1v) is 7.41. The van der Waals surface area contributed by atoms with Gasteiger partial charge < -0.3 is 15.4 Å². The molecule has 0 bridgehead atoms. The van der Waals surface area contributed by atoms with Crippen LogP contribution in [-0.2, 0) is 0 Å². The van der Waals surface area contributed by atoms with Gasteiger partial charge in [-0.2, -0.15) is 15.0 Å². The van der Waals surface area contributed by atoms with Crippen LogP contribution in [0.3, 0.4) is 0 Å². The average molecular weight is 279 g/mol. The van der Waals surface area contributed by atoms with E-state index in [-0.39, 0.29) is 6.10 Å². The molecule has 2 rings (SSSR count). The van der Waals surface area contributed by atoms with Crippen LogP contribution in [0.15, 0.2) is 0 Å². The molecule has 1 heterocycles. The second kappa shape index (κ2) is 6.24. The fraction of sp³-hybridized carbons (Fsp3) is 0.786. The van der Waals surface area contributed by atoms with Crippen LogP contribution < -0.4 is 15.4 Å². The number of rotatable bonds is 8. The zero-order valence-electron chi connectivity index (χ0n) is 12.9. The molecule has 0 saturated heterocycles. The summed E-state index contributed by atoms with van der Waals surface area (Å²) in [6.07, 6.45) is 5.13. The number of aromatic nitrogens is 3. The average Bonchev–Trinajstić information content (AvgIpc) is 3.16. The molecule has 0 aromatic carbocycles. The maximum absolute atomic E-state index is 5.55. The molecule has 6 nitrogen and oxygen atoms in total. The number of hydrogen-bond donors (Lipinski definition) is 2. The van der Waals surface area contributed by atoms with Crippen molar-refractivity contribution in [3.8, 4) is 6.01 Å². The number of nitrogens with one attached hydrogen (secondary N) is 2. The largest absolute Gasteiger partial charge is 0.461 e. The fourth-order valence-corrected chi connectivity index (χ4v) is 2.30. The third kappa shape index (κ3) is 3.95. The summed E-state index contributed by atoms with van der Waals surface area (Å²) < 4.78 is 5.55. The van der Waals surface area contributed by atoms with Crippen LogP contribution in [0.4, 0.5) is 11.9 Å². The van der Waals surface area contributed by atoms with Gasteiger partial charge in [0.1, 0.15) is 0 Å². The van der Waals surface area contributed by atoms with E-state index in [4.69, 9.17) is 4.74 Å². The summed E-state index contributed by atoms with van der Waals surface area (Å²) >= 11 is 0. The van der Waals surface area contributed by atoms with Gasteiger partial charge in [0, 0.05) is 13.6 Å². The molecule has 0 aliphatic heterocycles. The third-order valence-electron chi connectivity index (χ3n) is 3.54. The number of ether oxygens (including phenoxy) is 1. The molecule has 0 radical (unpaired) electrons. The van der Waals surface area contributed by atoms with E-state index >= 15 is 0 Å². The van der Waals surface area contributed by atoms with E-state index in [1.165, 1.54) is 25.7 Å². The van der Waals surface area contributed by atoms with Crippen LogP contribution in [0.1, 0.15) is 46.5 Å². The van der Waals surface area contributed by atoms with Crippen molar-refractivity contribution in [3.05, 3.63) is 0 Å². The SMILES string of the molecule is CCCC1(CNc2nc(NC)nc(OC(C)C)n2)CC1. The highest BCUT2D eigenvalue weighted by Gasteiger charge is 2.41. The summed E-state index contributed by atoms with van der Waals surface area (Å²) in [5, 5.41) is 6.28. The quantitative estimate of drug-likeness (QED) is 0.762. The van der Waals surface area contributed by atoms with Crippen molar-refractivity contribution in [3.63, 3.8) is 0 Å². The lowest BCUT2D eigenvalue weighted by molar-refractivity contribution is 0.222. The Balaban J connectivity index is 2.02. The molecule has 20 heavy (non-hydrogen) atoms. The van der Waals surface area contributed by atoms with E-state index in [2.05, 4.69) is 32.5 Å². The van der Waals surface area contributed by atoms with Gasteiger partial charge in [-0.3, -0.25) is 0 Å². The van der Waals surface area contributed by atoms with Crippen molar-refractivity contribution >= 4 is 11.9 Å². The summed E-state index contributed by atoms with van der Waals surface area (Å²) in [6.45, 7) is 7.07. The van der Waals surface area contributed by atoms with Crippen LogP contribution in [0.25, 0.3) is 0 Å². The van der Waals surface area contributed by atoms with Gasteiger partial charge in [0.15, 0.2) is 0 Å². The van der Waals surface area contributed by atoms with E-state index in [0.717, 1.165) is 6.54 Å². The Morgan fingerprint density at radius 1 is 1.20 bits per heavy atom.